The number of nitrogens with zero attached hydrogens (tertiary/aromatic N) is 1. The Bertz CT molecular complexity index is 1190. The lowest BCUT2D eigenvalue weighted by Gasteiger charge is -2.27. The van der Waals surface area contributed by atoms with E-state index in [-0.39, 0.29) is 17.8 Å². The first-order chi connectivity index (χ1) is 13.0. The van der Waals surface area contributed by atoms with Crippen LogP contribution in [0.2, 0.25) is 10.0 Å². The van der Waals surface area contributed by atoms with E-state index in [1.807, 2.05) is 6.20 Å². The molecule has 3 N–H and O–H groups in total. The van der Waals surface area contributed by atoms with Crippen molar-refractivity contribution < 1.29 is 10.2 Å². The molecule has 136 valence electrons. The zero-order valence-electron chi connectivity index (χ0n) is 14.2. The van der Waals surface area contributed by atoms with Crippen molar-refractivity contribution in [1.82, 2.24) is 9.55 Å². The van der Waals surface area contributed by atoms with Gasteiger partial charge in [-0.2, -0.15) is 0 Å². The van der Waals surface area contributed by atoms with Crippen molar-refractivity contribution in [1.29, 1.82) is 0 Å². The monoisotopic (exact) mass is 398 g/mol. The Morgan fingerprint density at radius 3 is 2.70 bits per heavy atom. The quantitative estimate of drug-likeness (QED) is 0.394. The van der Waals surface area contributed by atoms with Crippen molar-refractivity contribution in [3.05, 3.63) is 69.8 Å². The number of aromatic hydroxyl groups is 2. The summed E-state index contributed by atoms with van der Waals surface area (Å²) in [6.07, 6.45) is 3.74. The molecular formula is C21H16Cl2N2O2. The second-order valence-corrected chi connectivity index (χ2v) is 7.71. The van der Waals surface area contributed by atoms with Crippen LogP contribution < -0.4 is 0 Å². The number of aryl methyl sites for hydroxylation is 1. The Labute approximate surface area is 165 Å². The Hall–Kier alpha value is -2.56. The van der Waals surface area contributed by atoms with Gasteiger partial charge in [0.05, 0.1) is 22.1 Å². The predicted molar refractivity (Wildman–Crippen MR) is 108 cm³/mol. The second kappa shape index (κ2) is 5.98. The van der Waals surface area contributed by atoms with E-state index in [2.05, 4.69) is 33.8 Å². The largest absolute Gasteiger partial charge is 0.494 e. The fraction of sp³-hybridized carbons (Fsp3) is 0.143. The molecule has 2 aromatic heterocycles. The molecule has 4 nitrogen and oxygen atoms in total. The van der Waals surface area contributed by atoms with Gasteiger partial charge in [-0.1, -0.05) is 47.5 Å². The lowest BCUT2D eigenvalue weighted by Crippen LogP contribution is -2.16. The summed E-state index contributed by atoms with van der Waals surface area (Å²) in [5.41, 5.74) is 4.25. The number of para-hydroxylation sites is 1. The number of benzene rings is 2. The minimum atomic E-state index is -0.115. The summed E-state index contributed by atoms with van der Waals surface area (Å²) < 4.78 is 2.17. The molecule has 6 heteroatoms. The Morgan fingerprint density at radius 2 is 1.89 bits per heavy atom. The highest BCUT2D eigenvalue weighted by molar-refractivity contribution is 6.36. The number of hydrogen-bond acceptors (Lipinski definition) is 2. The predicted octanol–water partition coefficient (Wildman–Crippen LogP) is 5.89. The van der Waals surface area contributed by atoms with Gasteiger partial charge in [0.2, 0.25) is 0 Å². The first kappa shape index (κ1) is 16.6. The highest BCUT2D eigenvalue weighted by atomic mass is 35.5. The fourth-order valence-corrected chi connectivity index (χ4v) is 4.75. The van der Waals surface area contributed by atoms with Crippen LogP contribution in [-0.4, -0.2) is 19.8 Å². The van der Waals surface area contributed by atoms with Crippen LogP contribution in [0.3, 0.4) is 0 Å². The molecule has 0 radical (unpaired) electrons. The maximum absolute atomic E-state index is 10.6. The van der Waals surface area contributed by atoms with Crippen LogP contribution in [0.15, 0.2) is 48.7 Å². The number of rotatable bonds is 2. The third-order valence-corrected chi connectivity index (χ3v) is 5.93. The third kappa shape index (κ3) is 2.44. The molecule has 0 saturated heterocycles. The maximum Gasteiger partial charge on any atom is 0.199 e. The van der Waals surface area contributed by atoms with Crippen LogP contribution in [0.25, 0.3) is 22.0 Å². The molecule has 3 heterocycles. The first-order valence-electron chi connectivity index (χ1n) is 8.72. The Balaban J connectivity index is 1.75. The van der Waals surface area contributed by atoms with Crippen LogP contribution >= 0.6 is 23.2 Å². The van der Waals surface area contributed by atoms with E-state index in [0.717, 1.165) is 12.8 Å². The molecule has 1 unspecified atom stereocenters. The van der Waals surface area contributed by atoms with Gasteiger partial charge >= 0.3 is 0 Å². The van der Waals surface area contributed by atoms with Gasteiger partial charge in [-0.05, 0) is 42.0 Å². The van der Waals surface area contributed by atoms with Crippen LogP contribution in [0.5, 0.6) is 11.8 Å². The fourth-order valence-electron chi connectivity index (χ4n) is 4.25. The van der Waals surface area contributed by atoms with Gasteiger partial charge < -0.3 is 14.8 Å². The smallest absolute Gasteiger partial charge is 0.199 e. The second-order valence-electron chi connectivity index (χ2n) is 6.87. The van der Waals surface area contributed by atoms with E-state index >= 15 is 0 Å². The molecule has 2 aromatic carbocycles. The van der Waals surface area contributed by atoms with Gasteiger partial charge in [-0.3, -0.25) is 4.98 Å². The first-order valence-corrected chi connectivity index (χ1v) is 9.48. The van der Waals surface area contributed by atoms with E-state index in [9.17, 15) is 10.2 Å². The average Bonchev–Trinajstić information content (AvgIpc) is 3.19. The van der Waals surface area contributed by atoms with Crippen molar-refractivity contribution in [2.24, 2.45) is 0 Å². The summed E-state index contributed by atoms with van der Waals surface area (Å²) in [6.45, 7) is 0. The van der Waals surface area contributed by atoms with Crippen LogP contribution in [0, 0.1) is 0 Å². The lowest BCUT2D eigenvalue weighted by atomic mass is 9.91. The minimum absolute atomic E-state index is 0.0419. The summed E-state index contributed by atoms with van der Waals surface area (Å²) in [4.78, 5) is 2.67. The van der Waals surface area contributed by atoms with Crippen LogP contribution in [0.4, 0.5) is 0 Å². The van der Waals surface area contributed by atoms with Crippen LogP contribution in [-0.2, 0) is 6.42 Å². The standard InChI is InChI=1S/C21H16Cl2N2O2/c22-13-5-6-14(15(23)10-13)17-18(21(27)24-20(17)26)16-7-4-11-2-1-3-12-8-9-25(16)19(11)12/h1-3,5-6,8-10,16,24,26-27H,4,7H2. The average molecular weight is 399 g/mol. The highest BCUT2D eigenvalue weighted by Gasteiger charge is 2.31. The molecule has 4 aromatic rings. The van der Waals surface area contributed by atoms with Crippen LogP contribution in [0.1, 0.15) is 23.6 Å². The van der Waals surface area contributed by atoms with Gasteiger partial charge in [0.1, 0.15) is 0 Å². The van der Waals surface area contributed by atoms with Crippen molar-refractivity contribution >= 4 is 34.1 Å². The van der Waals surface area contributed by atoms with E-state index < -0.39 is 0 Å². The number of H-pyrrole nitrogens is 1. The van der Waals surface area contributed by atoms with Gasteiger partial charge in [-0.25, -0.2) is 0 Å². The molecule has 27 heavy (non-hydrogen) atoms. The molecular weight excluding hydrogens is 383 g/mol. The minimum Gasteiger partial charge on any atom is -0.494 e. The number of halogens is 2. The molecule has 0 amide bonds. The van der Waals surface area contributed by atoms with E-state index in [4.69, 9.17) is 23.2 Å². The zero-order valence-corrected chi connectivity index (χ0v) is 15.7. The number of hydrogen-bond donors (Lipinski definition) is 3. The normalized spacial score (nSPS) is 16.1. The lowest BCUT2D eigenvalue weighted by molar-refractivity contribution is 0.416. The number of aromatic nitrogens is 2. The van der Waals surface area contributed by atoms with E-state index in [0.29, 0.717) is 26.7 Å². The molecule has 1 aliphatic heterocycles. The van der Waals surface area contributed by atoms with E-state index in [1.165, 1.54) is 16.5 Å². The third-order valence-electron chi connectivity index (χ3n) is 5.38. The molecule has 1 aliphatic rings. The SMILES string of the molecule is Oc1[nH]c(O)c(C2CCc3cccc4ccn2c34)c1-c1ccc(Cl)cc1Cl. The summed E-state index contributed by atoms with van der Waals surface area (Å²) in [5.74, 6) is -0.145. The molecule has 0 aliphatic carbocycles. The number of aromatic amines is 1. The van der Waals surface area contributed by atoms with E-state index in [1.54, 1.807) is 18.2 Å². The molecule has 0 saturated carbocycles. The summed E-state index contributed by atoms with van der Waals surface area (Å²) >= 11 is 12.4. The van der Waals surface area contributed by atoms with Crippen molar-refractivity contribution in [2.45, 2.75) is 18.9 Å². The van der Waals surface area contributed by atoms with Crippen molar-refractivity contribution in [2.75, 3.05) is 0 Å². The van der Waals surface area contributed by atoms with Crippen molar-refractivity contribution in [3.8, 4) is 22.9 Å². The summed E-state index contributed by atoms with van der Waals surface area (Å²) in [6, 6.07) is 13.4. The zero-order chi connectivity index (χ0) is 18.7. The number of nitrogens with one attached hydrogen (secondary N) is 1. The summed E-state index contributed by atoms with van der Waals surface area (Å²) in [5, 5.41) is 23.2. The van der Waals surface area contributed by atoms with Gasteiger partial charge in [0.15, 0.2) is 11.8 Å². The summed E-state index contributed by atoms with van der Waals surface area (Å²) in [7, 11) is 0. The van der Waals surface area contributed by atoms with Gasteiger partial charge in [-0.15, -0.1) is 0 Å². The van der Waals surface area contributed by atoms with Gasteiger partial charge in [0, 0.05) is 22.3 Å². The Kier molecular flexibility index (Phi) is 3.67. The molecule has 0 fully saturated rings. The highest BCUT2D eigenvalue weighted by Crippen LogP contribution is 2.48. The Morgan fingerprint density at radius 1 is 1.04 bits per heavy atom. The molecule has 0 bridgehead atoms. The maximum atomic E-state index is 10.6. The van der Waals surface area contributed by atoms with Gasteiger partial charge in [0.25, 0.3) is 0 Å². The molecule has 1 atom stereocenters. The van der Waals surface area contributed by atoms with Crippen molar-refractivity contribution in [3.63, 3.8) is 0 Å². The topological polar surface area (TPSA) is 61.2 Å². The molecule has 5 rings (SSSR count). The molecule has 0 spiro atoms.